The van der Waals surface area contributed by atoms with Crippen LogP contribution in [0, 0.1) is 11.8 Å². The molecule has 1 aromatic carbocycles. The molecule has 0 radical (unpaired) electrons. The normalized spacial score (nSPS) is 27.1. The summed E-state index contributed by atoms with van der Waals surface area (Å²) in [5, 5.41) is 45.4. The minimum absolute atomic E-state index is 0.0520. The zero-order chi connectivity index (χ0) is 30.0. The Morgan fingerprint density at radius 2 is 1.77 bits per heavy atom. The number of phenols is 1. The summed E-state index contributed by atoms with van der Waals surface area (Å²) >= 11 is 0. The quantitative estimate of drug-likeness (QED) is 0.308. The Balaban J connectivity index is 1.94. The molecule has 1 amide bonds. The highest BCUT2D eigenvalue weighted by molar-refractivity contribution is 6.24. The third-order valence-corrected chi connectivity index (χ3v) is 8.98. The number of rotatable bonds is 7. The van der Waals surface area contributed by atoms with Gasteiger partial charge in [-0.15, -0.1) is 0 Å². The number of fused-ring (bicyclic) bond motifs is 3. The number of nitrogens with zero attached hydrogens (tertiary/aromatic N) is 3. The number of aliphatic hydroxyl groups excluding tert-OH is 2. The van der Waals surface area contributed by atoms with Crippen LogP contribution in [-0.2, 0) is 27.3 Å². The van der Waals surface area contributed by atoms with Crippen LogP contribution in [0.5, 0.6) is 5.75 Å². The molecule has 3 aliphatic carbocycles. The molecule has 0 aliphatic heterocycles. The van der Waals surface area contributed by atoms with E-state index in [2.05, 4.69) is 18.7 Å². The van der Waals surface area contributed by atoms with Crippen LogP contribution in [0.3, 0.4) is 0 Å². The summed E-state index contributed by atoms with van der Waals surface area (Å²) in [7, 11) is 8.90. The highest BCUT2D eigenvalue weighted by Gasteiger charge is 2.64. The van der Waals surface area contributed by atoms with Crippen LogP contribution in [0.15, 0.2) is 23.0 Å². The standard InChI is InChI=1S/C29H40N4O7/c1-8-13(2)33(7)12-15-11-18(34)20-16(22(15)31(3)4)9-14-10-17-23(32(5)6)25(36)21(28(30)39)27(38)29(17,40)26(37)19(14)24(20)35/h11,13-14,17,23,34-35,38,40H,8-10,12H2,1-7H3,(H2,30,39)/t13?,14-,17-,23-,29-/m0/s1. The Morgan fingerprint density at radius 1 is 1.15 bits per heavy atom. The predicted octanol–water partition coefficient (Wildman–Crippen LogP) is 1.26. The number of carbonyl (C=O) groups is 3. The molecular weight excluding hydrogens is 516 g/mol. The van der Waals surface area contributed by atoms with Gasteiger partial charge in [0.15, 0.2) is 11.4 Å². The average molecular weight is 557 g/mol. The van der Waals surface area contributed by atoms with E-state index in [1.807, 2.05) is 26.0 Å². The lowest BCUT2D eigenvalue weighted by Gasteiger charge is -2.50. The Labute approximate surface area is 234 Å². The number of aromatic hydroxyl groups is 1. The van der Waals surface area contributed by atoms with Gasteiger partial charge in [0, 0.05) is 43.9 Å². The third-order valence-electron chi connectivity index (χ3n) is 8.98. The van der Waals surface area contributed by atoms with Gasteiger partial charge < -0.3 is 31.1 Å². The maximum atomic E-state index is 14.0. The first-order valence-electron chi connectivity index (χ1n) is 13.5. The molecule has 1 saturated carbocycles. The molecular formula is C29H40N4O7. The Bertz CT molecular complexity index is 1350. The van der Waals surface area contributed by atoms with Gasteiger partial charge in [-0.2, -0.15) is 0 Å². The molecule has 6 N–H and O–H groups in total. The number of phenolic OH excluding ortho intramolecular Hbond substituents is 1. The number of likely N-dealkylation sites (N-methyl/N-ethyl adjacent to an activating group) is 1. The van der Waals surface area contributed by atoms with Crippen molar-refractivity contribution < 1.29 is 34.8 Å². The summed E-state index contributed by atoms with van der Waals surface area (Å²) in [4.78, 5) is 45.0. The zero-order valence-corrected chi connectivity index (χ0v) is 24.1. The number of benzene rings is 1. The molecule has 218 valence electrons. The van der Waals surface area contributed by atoms with E-state index in [0.29, 0.717) is 18.2 Å². The minimum Gasteiger partial charge on any atom is -0.508 e. The van der Waals surface area contributed by atoms with E-state index in [9.17, 15) is 34.8 Å². The number of ketones is 2. The molecule has 0 bridgehead atoms. The van der Waals surface area contributed by atoms with E-state index < -0.39 is 58.0 Å². The molecule has 5 atom stereocenters. The number of hydrogen-bond donors (Lipinski definition) is 5. The van der Waals surface area contributed by atoms with Crippen LogP contribution in [0.2, 0.25) is 0 Å². The van der Waals surface area contributed by atoms with Gasteiger partial charge in [-0.3, -0.25) is 24.2 Å². The maximum absolute atomic E-state index is 14.0. The van der Waals surface area contributed by atoms with Crippen molar-refractivity contribution in [1.29, 1.82) is 0 Å². The van der Waals surface area contributed by atoms with E-state index in [1.165, 1.54) is 4.90 Å². The van der Waals surface area contributed by atoms with E-state index in [4.69, 9.17) is 5.73 Å². The molecule has 0 saturated heterocycles. The van der Waals surface area contributed by atoms with Crippen molar-refractivity contribution >= 4 is 28.9 Å². The number of aliphatic hydroxyl groups is 3. The van der Waals surface area contributed by atoms with Crippen molar-refractivity contribution in [2.24, 2.45) is 17.6 Å². The molecule has 1 aromatic rings. The fraction of sp³-hybridized carbons (Fsp3) is 0.552. The number of nitrogens with two attached hydrogens (primary N) is 1. The van der Waals surface area contributed by atoms with Crippen molar-refractivity contribution in [3.63, 3.8) is 0 Å². The van der Waals surface area contributed by atoms with Crippen molar-refractivity contribution in [1.82, 2.24) is 9.80 Å². The molecule has 4 rings (SSSR count). The number of amides is 1. The largest absolute Gasteiger partial charge is 0.508 e. The van der Waals surface area contributed by atoms with Gasteiger partial charge >= 0.3 is 0 Å². The van der Waals surface area contributed by atoms with Gasteiger partial charge in [0.1, 0.15) is 22.8 Å². The summed E-state index contributed by atoms with van der Waals surface area (Å²) < 4.78 is 0. The Morgan fingerprint density at radius 3 is 2.30 bits per heavy atom. The highest BCUT2D eigenvalue weighted by atomic mass is 16.3. The van der Waals surface area contributed by atoms with Gasteiger partial charge in [-0.05, 0) is 70.4 Å². The van der Waals surface area contributed by atoms with Gasteiger partial charge in [0.05, 0.1) is 11.6 Å². The fourth-order valence-electron chi connectivity index (χ4n) is 6.78. The maximum Gasteiger partial charge on any atom is 0.255 e. The Kier molecular flexibility index (Phi) is 7.55. The van der Waals surface area contributed by atoms with Crippen LogP contribution in [0.1, 0.15) is 43.4 Å². The second-order valence-electron chi connectivity index (χ2n) is 11.8. The number of primary amides is 1. The SMILES string of the molecule is CCC(C)N(C)Cc1cc(O)c2c(c1N(C)C)C[C@H]1C[C@H]3[C@H](N(C)C)C(=O)C(C(N)=O)=C(O)[C@@]3(O)C(=O)C1=C2O. The lowest BCUT2D eigenvalue weighted by atomic mass is 9.57. The fourth-order valence-corrected chi connectivity index (χ4v) is 6.78. The highest BCUT2D eigenvalue weighted by Crippen LogP contribution is 2.54. The van der Waals surface area contributed by atoms with Crippen LogP contribution < -0.4 is 10.6 Å². The lowest BCUT2D eigenvalue weighted by Crippen LogP contribution is -2.65. The first-order chi connectivity index (χ1) is 18.6. The van der Waals surface area contributed by atoms with Gasteiger partial charge in [0.25, 0.3) is 5.91 Å². The first-order valence-corrected chi connectivity index (χ1v) is 13.5. The summed E-state index contributed by atoms with van der Waals surface area (Å²) in [5.74, 6) is -6.56. The summed E-state index contributed by atoms with van der Waals surface area (Å²) in [6.07, 6.45) is 1.24. The molecule has 1 unspecified atom stereocenters. The van der Waals surface area contributed by atoms with Crippen LogP contribution in [0.25, 0.3) is 5.76 Å². The first kappa shape index (κ1) is 29.6. The molecule has 40 heavy (non-hydrogen) atoms. The molecule has 11 heteroatoms. The summed E-state index contributed by atoms with van der Waals surface area (Å²) in [6.45, 7) is 4.75. The monoisotopic (exact) mass is 556 g/mol. The van der Waals surface area contributed by atoms with E-state index >= 15 is 0 Å². The average Bonchev–Trinajstić information content (AvgIpc) is 2.84. The van der Waals surface area contributed by atoms with Crippen molar-refractivity contribution in [2.75, 3.05) is 40.1 Å². The summed E-state index contributed by atoms with van der Waals surface area (Å²) in [5.41, 5.74) is 4.16. The molecule has 0 aromatic heterocycles. The molecule has 0 spiro atoms. The molecule has 0 heterocycles. The number of hydrogen-bond acceptors (Lipinski definition) is 10. The van der Waals surface area contributed by atoms with Crippen LogP contribution >= 0.6 is 0 Å². The van der Waals surface area contributed by atoms with E-state index in [1.54, 1.807) is 20.2 Å². The third kappa shape index (κ3) is 4.18. The minimum atomic E-state index is -2.65. The summed E-state index contributed by atoms with van der Waals surface area (Å²) in [6, 6.07) is 0.757. The van der Waals surface area contributed by atoms with Gasteiger partial charge in [-0.1, -0.05) is 6.92 Å². The smallest absolute Gasteiger partial charge is 0.255 e. The number of carbonyl (C=O) groups excluding carboxylic acids is 3. The predicted molar refractivity (Wildman–Crippen MR) is 150 cm³/mol. The van der Waals surface area contributed by atoms with Crippen molar-refractivity contribution in [2.45, 2.75) is 57.3 Å². The van der Waals surface area contributed by atoms with Crippen LogP contribution in [0.4, 0.5) is 5.69 Å². The second kappa shape index (κ2) is 10.2. The topological polar surface area (TPSA) is 168 Å². The van der Waals surface area contributed by atoms with E-state index in [-0.39, 0.29) is 29.7 Å². The molecule has 1 fully saturated rings. The van der Waals surface area contributed by atoms with Gasteiger partial charge in [-0.25, -0.2) is 0 Å². The van der Waals surface area contributed by atoms with Crippen LogP contribution in [-0.4, -0.2) is 101 Å². The zero-order valence-electron chi connectivity index (χ0n) is 24.1. The molecule has 3 aliphatic rings. The van der Waals surface area contributed by atoms with Crippen molar-refractivity contribution in [3.05, 3.63) is 39.7 Å². The number of Topliss-reactive ketones (excluding diaryl/α,β-unsaturated/α-hetero) is 2. The lowest BCUT2D eigenvalue weighted by molar-refractivity contribution is -0.153. The Hall–Kier alpha value is -3.41. The molecule has 11 nitrogen and oxygen atoms in total. The van der Waals surface area contributed by atoms with Gasteiger partial charge in [0.2, 0.25) is 5.78 Å². The van der Waals surface area contributed by atoms with E-state index in [0.717, 1.165) is 17.7 Å². The van der Waals surface area contributed by atoms with Crippen molar-refractivity contribution in [3.8, 4) is 5.75 Å². The number of anilines is 1. The second-order valence-corrected chi connectivity index (χ2v) is 11.8.